The van der Waals surface area contributed by atoms with Crippen LogP contribution in [0.2, 0.25) is 0 Å². The van der Waals surface area contributed by atoms with E-state index in [1.807, 2.05) is 12.4 Å². The van der Waals surface area contributed by atoms with E-state index in [2.05, 4.69) is 47.6 Å². The van der Waals surface area contributed by atoms with Gasteiger partial charge in [0.15, 0.2) is 0 Å². The SMILES string of the molecule is C(=NC12CN3CN(CN(C3)C1)C2)c1cccc(C=NC23CN4CN(CN(C4)C2)C3)n1. The Balaban J connectivity index is 1.09. The van der Waals surface area contributed by atoms with Crippen LogP contribution in [0.25, 0.3) is 0 Å². The first kappa shape index (κ1) is 17.9. The molecule has 1 aromatic rings. The molecule has 0 aliphatic carbocycles. The van der Waals surface area contributed by atoms with Gasteiger partial charge in [0, 0.05) is 51.7 Å². The number of aliphatic imine (C=N–C) groups is 2. The zero-order valence-corrected chi connectivity index (χ0v) is 17.4. The van der Waals surface area contributed by atoms with Gasteiger partial charge in [0.05, 0.1) is 62.5 Å². The van der Waals surface area contributed by atoms with Crippen LogP contribution < -0.4 is 0 Å². The Labute approximate surface area is 177 Å². The Morgan fingerprint density at radius 1 is 0.600 bits per heavy atom. The molecule has 0 aromatic carbocycles. The lowest BCUT2D eigenvalue weighted by molar-refractivity contribution is -0.139. The van der Waals surface area contributed by atoms with Gasteiger partial charge in [-0.3, -0.25) is 39.4 Å². The predicted molar refractivity (Wildman–Crippen MR) is 114 cm³/mol. The summed E-state index contributed by atoms with van der Waals surface area (Å²) in [5.41, 5.74) is 1.85. The molecular weight excluding hydrogens is 378 g/mol. The van der Waals surface area contributed by atoms with Gasteiger partial charge in [0.1, 0.15) is 0 Å². The summed E-state index contributed by atoms with van der Waals surface area (Å²) in [7, 11) is 0. The molecule has 30 heavy (non-hydrogen) atoms. The molecule has 0 radical (unpaired) electrons. The third-order valence-corrected chi connectivity index (χ3v) is 7.24. The maximum atomic E-state index is 5.06. The maximum absolute atomic E-state index is 5.06. The molecule has 0 unspecified atom stereocenters. The molecule has 8 aliphatic rings. The minimum Gasteiger partial charge on any atom is -0.280 e. The fourth-order valence-corrected chi connectivity index (χ4v) is 6.63. The van der Waals surface area contributed by atoms with Gasteiger partial charge in [-0.1, -0.05) is 6.07 Å². The summed E-state index contributed by atoms with van der Waals surface area (Å²) in [6.07, 6.45) is 3.98. The summed E-state index contributed by atoms with van der Waals surface area (Å²) >= 11 is 0. The van der Waals surface area contributed by atoms with Gasteiger partial charge in [-0.2, -0.15) is 0 Å². The van der Waals surface area contributed by atoms with Gasteiger partial charge in [0.25, 0.3) is 0 Å². The molecule has 9 heterocycles. The molecule has 8 aliphatic heterocycles. The van der Waals surface area contributed by atoms with E-state index in [1.165, 1.54) is 0 Å². The third kappa shape index (κ3) is 3.04. The average molecular weight is 408 g/mol. The highest BCUT2D eigenvalue weighted by Gasteiger charge is 2.49. The highest BCUT2D eigenvalue weighted by molar-refractivity contribution is 5.82. The van der Waals surface area contributed by atoms with Crippen molar-refractivity contribution < 1.29 is 0 Å². The fraction of sp³-hybridized carbons (Fsp3) is 0.667. The van der Waals surface area contributed by atoms with Crippen LogP contribution in [0.3, 0.4) is 0 Å². The second kappa shape index (κ2) is 6.38. The van der Waals surface area contributed by atoms with Gasteiger partial charge in [-0.05, 0) is 12.1 Å². The molecule has 0 spiro atoms. The van der Waals surface area contributed by atoms with Crippen LogP contribution in [0.5, 0.6) is 0 Å². The number of rotatable bonds is 4. The first-order valence-corrected chi connectivity index (χ1v) is 11.0. The van der Waals surface area contributed by atoms with E-state index in [0.717, 1.165) is 90.7 Å². The summed E-state index contributed by atoms with van der Waals surface area (Å²) in [6, 6.07) is 6.17. The monoisotopic (exact) mass is 407 g/mol. The lowest BCUT2D eigenvalue weighted by atomic mass is 9.92. The molecule has 8 saturated heterocycles. The predicted octanol–water partition coefficient (Wildman–Crippen LogP) is -0.964. The number of pyridine rings is 1. The van der Waals surface area contributed by atoms with Crippen LogP contribution in [-0.2, 0) is 0 Å². The number of hydrogen-bond acceptors (Lipinski definition) is 9. The summed E-state index contributed by atoms with van der Waals surface area (Å²) in [4.78, 5) is 29.9. The van der Waals surface area contributed by atoms with Crippen molar-refractivity contribution in [3.63, 3.8) is 0 Å². The molecule has 1 aromatic heterocycles. The van der Waals surface area contributed by atoms with Crippen molar-refractivity contribution >= 4 is 12.4 Å². The molecule has 9 rings (SSSR count). The Bertz CT molecular complexity index is 770. The quantitative estimate of drug-likeness (QED) is 0.596. The lowest BCUT2D eigenvalue weighted by Crippen LogP contribution is -2.75. The highest BCUT2D eigenvalue weighted by atomic mass is 15.6. The van der Waals surface area contributed by atoms with Crippen LogP contribution in [-0.4, -0.2) is 137 Å². The molecule has 9 nitrogen and oxygen atoms in total. The van der Waals surface area contributed by atoms with E-state index >= 15 is 0 Å². The number of hydrogen-bond donors (Lipinski definition) is 0. The Morgan fingerprint density at radius 2 is 0.933 bits per heavy atom. The van der Waals surface area contributed by atoms with Crippen molar-refractivity contribution in [1.29, 1.82) is 0 Å². The van der Waals surface area contributed by atoms with Crippen LogP contribution >= 0.6 is 0 Å². The first-order valence-electron chi connectivity index (χ1n) is 11.0. The number of aromatic nitrogens is 1. The maximum Gasteiger partial charge on any atom is 0.0990 e. The zero-order chi connectivity index (χ0) is 19.8. The first-order chi connectivity index (χ1) is 14.6. The van der Waals surface area contributed by atoms with Crippen molar-refractivity contribution in [3.05, 3.63) is 29.6 Å². The van der Waals surface area contributed by atoms with Crippen molar-refractivity contribution in [2.24, 2.45) is 9.98 Å². The molecule has 9 heteroatoms. The second-order valence-corrected chi connectivity index (χ2v) is 10.3. The van der Waals surface area contributed by atoms with E-state index in [1.54, 1.807) is 0 Å². The standard InChI is InChI=1S/C21H29N9/c1-2-18(4-22-20-6-25-12-26(7-20)14-27(8-20)13-25)24-19(3-1)5-23-21-9-28-15-29(10-21)17-30(11-21)16-28/h1-5H,6-17H2. The minimum absolute atomic E-state index is 0.00292. The third-order valence-electron chi connectivity index (χ3n) is 7.24. The van der Waals surface area contributed by atoms with Gasteiger partial charge >= 0.3 is 0 Å². The highest BCUT2D eigenvalue weighted by Crippen LogP contribution is 2.32. The van der Waals surface area contributed by atoms with Gasteiger partial charge < -0.3 is 0 Å². The van der Waals surface area contributed by atoms with Crippen LogP contribution in [0, 0.1) is 0 Å². The van der Waals surface area contributed by atoms with Crippen LogP contribution in [0.15, 0.2) is 28.2 Å². The van der Waals surface area contributed by atoms with E-state index in [9.17, 15) is 0 Å². The van der Waals surface area contributed by atoms with E-state index in [-0.39, 0.29) is 11.1 Å². The number of nitrogens with zero attached hydrogens (tertiary/aromatic N) is 9. The Kier molecular flexibility index (Phi) is 3.80. The molecule has 8 bridgehead atoms. The molecule has 158 valence electrons. The zero-order valence-electron chi connectivity index (χ0n) is 17.4. The summed E-state index contributed by atoms with van der Waals surface area (Å²) in [6.45, 7) is 12.9. The van der Waals surface area contributed by atoms with Crippen LogP contribution in [0.4, 0.5) is 0 Å². The van der Waals surface area contributed by atoms with Crippen molar-refractivity contribution in [2.75, 3.05) is 79.3 Å². The van der Waals surface area contributed by atoms with Crippen molar-refractivity contribution in [1.82, 2.24) is 34.4 Å². The van der Waals surface area contributed by atoms with Gasteiger partial charge in [-0.25, -0.2) is 4.98 Å². The summed E-state index contributed by atoms with van der Waals surface area (Å²) in [5, 5.41) is 0. The molecule has 8 fully saturated rings. The van der Waals surface area contributed by atoms with E-state index in [4.69, 9.17) is 15.0 Å². The van der Waals surface area contributed by atoms with E-state index < -0.39 is 0 Å². The Morgan fingerprint density at radius 3 is 1.27 bits per heavy atom. The van der Waals surface area contributed by atoms with Crippen LogP contribution in [0.1, 0.15) is 11.4 Å². The molecule has 0 N–H and O–H groups in total. The lowest BCUT2D eigenvalue weighted by Gasteiger charge is -2.59. The average Bonchev–Trinajstić information content (AvgIpc) is 2.69. The molecule has 0 amide bonds. The summed E-state index contributed by atoms with van der Waals surface area (Å²) < 4.78 is 0. The normalized spacial score (nSPS) is 48.4. The second-order valence-electron chi connectivity index (χ2n) is 10.3. The van der Waals surface area contributed by atoms with Gasteiger partial charge in [-0.15, -0.1) is 0 Å². The van der Waals surface area contributed by atoms with Crippen molar-refractivity contribution in [3.8, 4) is 0 Å². The molecular formula is C21H29N9. The smallest absolute Gasteiger partial charge is 0.0990 e. The van der Waals surface area contributed by atoms with Gasteiger partial charge in [0.2, 0.25) is 0 Å². The van der Waals surface area contributed by atoms with Crippen molar-refractivity contribution in [2.45, 2.75) is 11.1 Å². The molecule has 0 saturated carbocycles. The fourth-order valence-electron chi connectivity index (χ4n) is 6.63. The molecule has 0 atom stereocenters. The Hall–Kier alpha value is -1.75. The largest absolute Gasteiger partial charge is 0.280 e. The topological polar surface area (TPSA) is 57.1 Å². The summed E-state index contributed by atoms with van der Waals surface area (Å²) in [5.74, 6) is 0. The van der Waals surface area contributed by atoms with E-state index in [0.29, 0.717) is 0 Å². The minimum atomic E-state index is -0.00292.